The van der Waals surface area contributed by atoms with E-state index in [1.807, 2.05) is 0 Å². The third kappa shape index (κ3) is 5.49. The minimum atomic E-state index is -0.920. The first-order chi connectivity index (χ1) is 8.28. The Balaban J connectivity index is 2.18. The molecule has 1 fully saturated rings. The third-order valence-corrected chi connectivity index (χ3v) is 3.01. The Hall–Kier alpha value is -1.10. The van der Waals surface area contributed by atoms with E-state index in [1.54, 1.807) is 0 Å². The van der Waals surface area contributed by atoms with E-state index in [0.717, 1.165) is 6.42 Å². The maximum Gasteiger partial charge on any atom is 0.332 e. The fraction of sp³-hybridized carbons (Fsp3) is 0.846. The minimum Gasteiger partial charge on any atom is -0.479 e. The van der Waals surface area contributed by atoms with Gasteiger partial charge in [-0.1, -0.05) is 20.8 Å². The number of aliphatic carboxylic acids is 1. The summed E-state index contributed by atoms with van der Waals surface area (Å²) in [4.78, 5) is 22.3. The number of ether oxygens (including phenoxy) is 1. The summed E-state index contributed by atoms with van der Waals surface area (Å²) in [6, 6.07) is 0. The monoisotopic (exact) mass is 257 g/mol. The molecule has 1 amide bonds. The van der Waals surface area contributed by atoms with E-state index >= 15 is 0 Å². The van der Waals surface area contributed by atoms with Gasteiger partial charge in [-0.2, -0.15) is 0 Å². The van der Waals surface area contributed by atoms with Crippen molar-refractivity contribution in [3.05, 3.63) is 0 Å². The van der Waals surface area contributed by atoms with Crippen molar-refractivity contribution in [3.63, 3.8) is 0 Å². The predicted molar refractivity (Wildman–Crippen MR) is 67.2 cm³/mol. The minimum absolute atomic E-state index is 0.00676. The molecule has 0 aromatic rings. The van der Waals surface area contributed by atoms with Crippen LogP contribution < -0.4 is 5.32 Å². The van der Waals surface area contributed by atoms with Crippen LogP contribution in [-0.2, 0) is 14.3 Å². The number of carbonyl (C=O) groups excluding carboxylic acids is 1. The highest BCUT2D eigenvalue weighted by atomic mass is 16.5. The molecule has 1 aliphatic heterocycles. The quantitative estimate of drug-likeness (QED) is 0.783. The molecule has 0 aromatic carbocycles. The summed E-state index contributed by atoms with van der Waals surface area (Å²) in [5.74, 6) is -0.913. The topological polar surface area (TPSA) is 75.6 Å². The van der Waals surface area contributed by atoms with Gasteiger partial charge in [0.1, 0.15) is 0 Å². The number of amides is 1. The smallest absolute Gasteiger partial charge is 0.332 e. The predicted octanol–water partition coefficient (Wildman–Crippen LogP) is 1.56. The molecule has 0 bridgehead atoms. The van der Waals surface area contributed by atoms with Gasteiger partial charge in [-0.15, -0.1) is 0 Å². The summed E-state index contributed by atoms with van der Waals surface area (Å²) < 4.78 is 5.30. The summed E-state index contributed by atoms with van der Waals surface area (Å²) >= 11 is 0. The maximum atomic E-state index is 11.6. The van der Waals surface area contributed by atoms with E-state index in [-0.39, 0.29) is 17.4 Å². The molecule has 1 aliphatic rings. The average Bonchev–Trinajstić information content (AvgIpc) is 2.71. The molecule has 2 atom stereocenters. The van der Waals surface area contributed by atoms with Crippen molar-refractivity contribution in [1.29, 1.82) is 0 Å². The molecular formula is C13H23NO4. The van der Waals surface area contributed by atoms with Crippen LogP contribution in [0.5, 0.6) is 0 Å². The van der Waals surface area contributed by atoms with Crippen LogP contribution in [0.3, 0.4) is 0 Å². The Morgan fingerprint density at radius 2 is 2.00 bits per heavy atom. The van der Waals surface area contributed by atoms with Gasteiger partial charge < -0.3 is 15.2 Å². The molecule has 1 heterocycles. The Morgan fingerprint density at radius 1 is 1.33 bits per heavy atom. The van der Waals surface area contributed by atoms with Crippen molar-refractivity contribution < 1.29 is 19.4 Å². The number of hydrogen-bond donors (Lipinski definition) is 2. The van der Waals surface area contributed by atoms with Crippen molar-refractivity contribution in [2.24, 2.45) is 5.41 Å². The molecule has 2 unspecified atom stereocenters. The Labute approximate surface area is 108 Å². The number of hydrogen-bond acceptors (Lipinski definition) is 3. The van der Waals surface area contributed by atoms with Crippen molar-refractivity contribution in [3.8, 4) is 0 Å². The lowest BCUT2D eigenvalue weighted by molar-refractivity contribution is -0.149. The highest BCUT2D eigenvalue weighted by molar-refractivity contribution is 5.76. The zero-order chi connectivity index (χ0) is 13.8. The zero-order valence-corrected chi connectivity index (χ0v) is 11.4. The summed E-state index contributed by atoms with van der Waals surface area (Å²) in [5, 5.41) is 11.6. The van der Waals surface area contributed by atoms with Crippen LogP contribution in [-0.4, -0.2) is 35.7 Å². The Kier molecular flexibility index (Phi) is 5.14. The summed E-state index contributed by atoms with van der Waals surface area (Å²) in [5.41, 5.74) is 0.148. The second-order valence-corrected chi connectivity index (χ2v) is 6.03. The molecule has 0 aromatic heterocycles. The maximum absolute atomic E-state index is 11.6. The molecule has 0 saturated carbocycles. The van der Waals surface area contributed by atoms with E-state index in [4.69, 9.17) is 9.84 Å². The first-order valence-corrected chi connectivity index (χ1v) is 6.43. The molecule has 1 saturated heterocycles. The molecule has 5 heteroatoms. The average molecular weight is 257 g/mol. The summed E-state index contributed by atoms with van der Waals surface area (Å²) in [6.07, 6.45) is 1.68. The normalized spacial score (nSPS) is 23.9. The summed E-state index contributed by atoms with van der Waals surface area (Å²) in [7, 11) is 0. The molecular weight excluding hydrogens is 234 g/mol. The third-order valence-electron chi connectivity index (χ3n) is 3.01. The molecule has 0 radical (unpaired) electrons. The molecule has 5 nitrogen and oxygen atoms in total. The fourth-order valence-corrected chi connectivity index (χ4v) is 1.84. The van der Waals surface area contributed by atoms with Crippen molar-refractivity contribution in [2.45, 2.75) is 58.7 Å². The van der Waals surface area contributed by atoms with Gasteiger partial charge in [0.25, 0.3) is 0 Å². The zero-order valence-electron chi connectivity index (χ0n) is 11.4. The highest BCUT2D eigenvalue weighted by Gasteiger charge is 2.30. The number of carboxylic acids is 1. The number of nitrogens with one attached hydrogen (secondary N) is 1. The molecule has 18 heavy (non-hydrogen) atoms. The fourth-order valence-electron chi connectivity index (χ4n) is 1.84. The molecule has 1 rings (SSSR count). The summed E-state index contributed by atoms with van der Waals surface area (Å²) in [6.45, 7) is 6.69. The lowest BCUT2D eigenvalue weighted by Crippen LogP contribution is -2.33. The second-order valence-electron chi connectivity index (χ2n) is 6.03. The standard InChI is InChI=1S/C13H23NO4/c1-13(2,3)7-6-11(15)14-8-9-4-5-10(18-9)12(16)17/h9-10H,4-8H2,1-3H3,(H,14,15)(H,16,17). The van der Waals surface area contributed by atoms with Gasteiger partial charge in [0.2, 0.25) is 5.91 Å². The van der Waals surface area contributed by atoms with Gasteiger partial charge in [-0.3, -0.25) is 4.79 Å². The van der Waals surface area contributed by atoms with Gasteiger partial charge in [0, 0.05) is 13.0 Å². The van der Waals surface area contributed by atoms with Crippen LogP contribution >= 0.6 is 0 Å². The van der Waals surface area contributed by atoms with Gasteiger partial charge in [0.05, 0.1) is 6.10 Å². The lowest BCUT2D eigenvalue weighted by atomic mass is 9.90. The van der Waals surface area contributed by atoms with E-state index in [1.165, 1.54) is 0 Å². The van der Waals surface area contributed by atoms with Crippen LogP contribution in [0.4, 0.5) is 0 Å². The van der Waals surface area contributed by atoms with Crippen LogP contribution in [0.2, 0.25) is 0 Å². The van der Waals surface area contributed by atoms with E-state index in [9.17, 15) is 9.59 Å². The van der Waals surface area contributed by atoms with Gasteiger partial charge in [-0.05, 0) is 24.7 Å². The van der Waals surface area contributed by atoms with Gasteiger partial charge >= 0.3 is 5.97 Å². The van der Waals surface area contributed by atoms with Gasteiger partial charge in [-0.25, -0.2) is 4.79 Å². The van der Waals surface area contributed by atoms with Crippen LogP contribution in [0, 0.1) is 5.41 Å². The van der Waals surface area contributed by atoms with Gasteiger partial charge in [0.15, 0.2) is 6.10 Å². The lowest BCUT2D eigenvalue weighted by Gasteiger charge is -2.18. The number of carboxylic acid groups (broad SMARTS) is 1. The SMILES string of the molecule is CC(C)(C)CCC(=O)NCC1CCC(C(=O)O)O1. The Bertz CT molecular complexity index is 309. The number of rotatable bonds is 5. The van der Waals surface area contributed by atoms with Crippen LogP contribution in [0.25, 0.3) is 0 Å². The molecule has 0 aliphatic carbocycles. The first-order valence-electron chi connectivity index (χ1n) is 6.43. The second kappa shape index (κ2) is 6.18. The van der Waals surface area contributed by atoms with Crippen molar-refractivity contribution in [1.82, 2.24) is 5.32 Å². The molecule has 104 valence electrons. The van der Waals surface area contributed by atoms with Crippen molar-refractivity contribution >= 4 is 11.9 Å². The van der Waals surface area contributed by atoms with E-state index in [0.29, 0.717) is 25.8 Å². The first kappa shape index (κ1) is 15.0. The van der Waals surface area contributed by atoms with E-state index < -0.39 is 12.1 Å². The molecule has 2 N–H and O–H groups in total. The highest BCUT2D eigenvalue weighted by Crippen LogP contribution is 2.21. The van der Waals surface area contributed by atoms with Crippen LogP contribution in [0.15, 0.2) is 0 Å². The van der Waals surface area contributed by atoms with E-state index in [2.05, 4.69) is 26.1 Å². The largest absolute Gasteiger partial charge is 0.479 e. The Morgan fingerprint density at radius 3 is 2.50 bits per heavy atom. The van der Waals surface area contributed by atoms with Crippen LogP contribution in [0.1, 0.15) is 46.5 Å². The number of carbonyl (C=O) groups is 2. The van der Waals surface area contributed by atoms with Crippen molar-refractivity contribution in [2.75, 3.05) is 6.54 Å². The molecule has 0 spiro atoms.